The van der Waals surface area contributed by atoms with Crippen LogP contribution < -0.4 is 15.5 Å². The number of likely N-dealkylation sites (tertiary alicyclic amines) is 1. The molecule has 0 radical (unpaired) electrons. The van der Waals surface area contributed by atoms with Crippen LogP contribution in [0.5, 0.6) is 0 Å². The highest BCUT2D eigenvalue weighted by Gasteiger charge is 2.37. The van der Waals surface area contributed by atoms with E-state index in [1.54, 1.807) is 4.90 Å². The molecule has 2 aliphatic rings. The Morgan fingerprint density at radius 3 is 2.62 bits per heavy atom. The minimum absolute atomic E-state index is 0. The van der Waals surface area contributed by atoms with Gasteiger partial charge >= 0.3 is 6.03 Å². The third kappa shape index (κ3) is 6.70. The van der Waals surface area contributed by atoms with Crippen molar-refractivity contribution in [2.24, 2.45) is 10.4 Å². The second-order valence-corrected chi connectivity index (χ2v) is 10.8. The summed E-state index contributed by atoms with van der Waals surface area (Å²) < 4.78 is 0. The zero-order valence-electron chi connectivity index (χ0n) is 22.6. The Morgan fingerprint density at radius 1 is 1.14 bits per heavy atom. The van der Waals surface area contributed by atoms with E-state index in [0.29, 0.717) is 12.2 Å². The van der Waals surface area contributed by atoms with Crippen molar-refractivity contribution in [3.8, 4) is 0 Å². The SMILES string of the molecule is CCCN1C(=O)C(NC(=O)Nc2cccc(C)c2)N=C(C2CCC(C)(C)CCN2C)c2ccccc21.Cl. The van der Waals surface area contributed by atoms with E-state index in [0.717, 1.165) is 54.8 Å². The van der Waals surface area contributed by atoms with Crippen molar-refractivity contribution < 1.29 is 9.59 Å². The van der Waals surface area contributed by atoms with Gasteiger partial charge in [0.15, 0.2) is 0 Å². The van der Waals surface area contributed by atoms with Gasteiger partial charge in [0.1, 0.15) is 0 Å². The number of nitrogens with one attached hydrogen (secondary N) is 2. The van der Waals surface area contributed by atoms with E-state index in [1.807, 2.05) is 49.4 Å². The van der Waals surface area contributed by atoms with E-state index in [1.165, 1.54) is 0 Å². The highest BCUT2D eigenvalue weighted by atomic mass is 35.5. The number of hydrogen-bond donors (Lipinski definition) is 2. The minimum Gasteiger partial charge on any atom is -0.308 e. The summed E-state index contributed by atoms with van der Waals surface area (Å²) in [5, 5.41) is 5.73. The second-order valence-electron chi connectivity index (χ2n) is 10.8. The Morgan fingerprint density at radius 2 is 1.89 bits per heavy atom. The monoisotopic (exact) mass is 525 g/mol. The lowest BCUT2D eigenvalue weighted by Gasteiger charge is -2.28. The molecule has 2 aliphatic heterocycles. The van der Waals surface area contributed by atoms with Gasteiger partial charge in [0.25, 0.3) is 5.91 Å². The van der Waals surface area contributed by atoms with Gasteiger partial charge in [-0.2, -0.15) is 0 Å². The molecule has 7 nitrogen and oxygen atoms in total. The number of benzene rings is 2. The molecular weight excluding hydrogens is 486 g/mol. The average Bonchev–Trinajstić information content (AvgIpc) is 3.04. The summed E-state index contributed by atoms with van der Waals surface area (Å²) in [5.74, 6) is -0.213. The lowest BCUT2D eigenvalue weighted by molar-refractivity contribution is -0.120. The van der Waals surface area contributed by atoms with Gasteiger partial charge in [0.05, 0.1) is 17.4 Å². The molecule has 2 atom stereocenters. The average molecular weight is 526 g/mol. The van der Waals surface area contributed by atoms with Crippen LogP contribution >= 0.6 is 12.4 Å². The van der Waals surface area contributed by atoms with Crippen LogP contribution in [0.2, 0.25) is 0 Å². The molecule has 0 spiro atoms. The molecule has 0 aliphatic carbocycles. The zero-order chi connectivity index (χ0) is 25.9. The number of likely N-dealkylation sites (N-methyl/N-ethyl adjacent to an activating group) is 1. The molecule has 2 aromatic rings. The molecule has 200 valence electrons. The third-order valence-electron chi connectivity index (χ3n) is 7.31. The number of anilines is 2. The van der Waals surface area contributed by atoms with Crippen molar-refractivity contribution in [3.05, 3.63) is 59.7 Å². The first-order chi connectivity index (χ1) is 17.2. The van der Waals surface area contributed by atoms with E-state index in [2.05, 4.69) is 49.4 Å². The lowest BCUT2D eigenvalue weighted by atomic mass is 9.84. The number of halogens is 1. The van der Waals surface area contributed by atoms with Gasteiger partial charge < -0.3 is 15.5 Å². The number of aryl methyl sites for hydroxylation is 1. The first kappa shape index (κ1) is 28.7. The largest absolute Gasteiger partial charge is 0.321 e. The van der Waals surface area contributed by atoms with Gasteiger partial charge in [-0.25, -0.2) is 4.79 Å². The van der Waals surface area contributed by atoms with Gasteiger partial charge in [-0.15, -0.1) is 12.4 Å². The molecule has 2 aromatic carbocycles. The van der Waals surface area contributed by atoms with Crippen molar-refractivity contribution in [2.75, 3.05) is 30.4 Å². The van der Waals surface area contributed by atoms with E-state index in [-0.39, 0.29) is 29.8 Å². The van der Waals surface area contributed by atoms with Crippen LogP contribution in [0, 0.1) is 12.3 Å². The summed E-state index contributed by atoms with van der Waals surface area (Å²) in [4.78, 5) is 35.9. The van der Waals surface area contributed by atoms with Gasteiger partial charge in [0, 0.05) is 17.8 Å². The third-order valence-corrected chi connectivity index (χ3v) is 7.31. The summed E-state index contributed by atoms with van der Waals surface area (Å²) in [6, 6.07) is 15.2. The molecule has 0 aromatic heterocycles. The molecule has 8 heteroatoms. The molecule has 2 N–H and O–H groups in total. The topological polar surface area (TPSA) is 77.0 Å². The molecule has 2 heterocycles. The molecule has 0 saturated carbocycles. The highest BCUT2D eigenvalue weighted by Crippen LogP contribution is 2.35. The lowest BCUT2D eigenvalue weighted by Crippen LogP contribution is -2.49. The molecule has 2 unspecified atom stereocenters. The van der Waals surface area contributed by atoms with Crippen molar-refractivity contribution >= 4 is 41.4 Å². The smallest absolute Gasteiger partial charge is 0.308 e. The highest BCUT2D eigenvalue weighted by molar-refractivity contribution is 6.15. The number of fused-ring (bicyclic) bond motifs is 1. The molecular formula is C29H40ClN5O2. The van der Waals surface area contributed by atoms with E-state index in [9.17, 15) is 9.59 Å². The number of carbonyl (C=O) groups excluding carboxylic acids is 2. The van der Waals surface area contributed by atoms with Crippen LogP contribution in [0.25, 0.3) is 0 Å². The van der Waals surface area contributed by atoms with E-state index < -0.39 is 12.2 Å². The van der Waals surface area contributed by atoms with Crippen molar-refractivity contribution in [1.82, 2.24) is 10.2 Å². The number of carbonyl (C=O) groups is 2. The van der Waals surface area contributed by atoms with Crippen LogP contribution in [-0.2, 0) is 4.79 Å². The maximum absolute atomic E-state index is 13.8. The Bertz CT molecular complexity index is 1150. The molecule has 3 amide bonds. The Labute approximate surface area is 227 Å². The van der Waals surface area contributed by atoms with Gasteiger partial charge in [-0.3, -0.25) is 14.7 Å². The normalized spacial score (nSPS) is 21.6. The van der Waals surface area contributed by atoms with Crippen molar-refractivity contribution in [1.29, 1.82) is 0 Å². The number of urea groups is 1. The fourth-order valence-electron chi connectivity index (χ4n) is 5.14. The van der Waals surface area contributed by atoms with Crippen LogP contribution in [0.1, 0.15) is 57.6 Å². The number of rotatable bonds is 5. The number of aliphatic imine (C=N–C) groups is 1. The predicted molar refractivity (Wildman–Crippen MR) is 154 cm³/mol. The zero-order valence-corrected chi connectivity index (χ0v) is 23.4. The molecule has 1 saturated heterocycles. The number of benzodiazepines with no additional fused rings is 1. The first-order valence-corrected chi connectivity index (χ1v) is 13.0. The Kier molecular flexibility index (Phi) is 9.37. The van der Waals surface area contributed by atoms with Gasteiger partial charge in [-0.05, 0) is 75.4 Å². The summed E-state index contributed by atoms with van der Waals surface area (Å²) >= 11 is 0. The summed E-state index contributed by atoms with van der Waals surface area (Å²) in [6.07, 6.45) is 2.92. The van der Waals surface area contributed by atoms with Crippen LogP contribution in [0.15, 0.2) is 53.5 Å². The summed E-state index contributed by atoms with van der Waals surface area (Å²) in [7, 11) is 2.14. The fourth-order valence-corrected chi connectivity index (χ4v) is 5.14. The number of amides is 3. The van der Waals surface area contributed by atoms with Gasteiger partial charge in [0.2, 0.25) is 6.17 Å². The van der Waals surface area contributed by atoms with Crippen molar-refractivity contribution in [2.45, 2.75) is 65.6 Å². The quantitative estimate of drug-likeness (QED) is 0.531. The fraction of sp³-hybridized carbons (Fsp3) is 0.483. The Balaban J connectivity index is 0.00000380. The minimum atomic E-state index is -1.01. The number of nitrogens with zero attached hydrogens (tertiary/aromatic N) is 3. The maximum Gasteiger partial charge on any atom is 0.321 e. The standard InChI is InChI=1S/C29H39N5O2.ClH/c1-6-17-34-23-13-8-7-12-22(23)25(24-14-15-29(3,4)16-18-33(24)5)31-26(27(34)35)32-28(36)30-21-11-9-10-20(2)19-21;/h7-13,19,24,26H,6,14-18H2,1-5H3,(H2,30,32,36);1H. The first-order valence-electron chi connectivity index (χ1n) is 13.0. The van der Waals surface area contributed by atoms with Crippen LogP contribution in [-0.4, -0.2) is 54.9 Å². The summed E-state index contributed by atoms with van der Waals surface area (Å²) in [5.41, 5.74) is 4.68. The number of para-hydroxylation sites is 1. The maximum atomic E-state index is 13.8. The second kappa shape index (κ2) is 12.1. The Hall–Kier alpha value is -2.90. The van der Waals surface area contributed by atoms with E-state index >= 15 is 0 Å². The molecule has 0 bridgehead atoms. The predicted octanol–water partition coefficient (Wildman–Crippen LogP) is 5.62. The van der Waals surface area contributed by atoms with E-state index in [4.69, 9.17) is 4.99 Å². The summed E-state index contributed by atoms with van der Waals surface area (Å²) in [6.45, 7) is 10.2. The molecule has 4 rings (SSSR count). The van der Waals surface area contributed by atoms with Crippen LogP contribution in [0.4, 0.5) is 16.2 Å². The number of hydrogen-bond acceptors (Lipinski definition) is 4. The molecule has 1 fully saturated rings. The van der Waals surface area contributed by atoms with Crippen LogP contribution in [0.3, 0.4) is 0 Å². The molecule has 37 heavy (non-hydrogen) atoms. The van der Waals surface area contributed by atoms with Crippen molar-refractivity contribution in [3.63, 3.8) is 0 Å². The van der Waals surface area contributed by atoms with Gasteiger partial charge in [-0.1, -0.05) is 51.1 Å².